The van der Waals surface area contributed by atoms with Gasteiger partial charge >= 0.3 is 0 Å². The Morgan fingerprint density at radius 1 is 1.53 bits per heavy atom. The first-order valence-corrected chi connectivity index (χ1v) is 4.98. The number of rotatable bonds is 3. The minimum Gasteiger partial charge on any atom is -0.361 e. The van der Waals surface area contributed by atoms with E-state index in [2.05, 4.69) is 24.0 Å². The molecule has 1 heterocycles. The van der Waals surface area contributed by atoms with Crippen LogP contribution < -0.4 is 5.73 Å². The van der Waals surface area contributed by atoms with E-state index in [1.54, 1.807) is 0 Å². The first-order valence-electron chi connectivity index (χ1n) is 4.98. The summed E-state index contributed by atoms with van der Waals surface area (Å²) in [6.07, 6.45) is 3.30. The first kappa shape index (κ1) is 9.93. The molecule has 0 saturated carbocycles. The van der Waals surface area contributed by atoms with Crippen LogP contribution in [0.3, 0.4) is 0 Å². The van der Waals surface area contributed by atoms with Gasteiger partial charge in [0, 0.05) is 17.1 Å². The molecule has 78 valence electrons. The van der Waals surface area contributed by atoms with Crippen LogP contribution in [0.25, 0.3) is 10.9 Å². The molecule has 1 aromatic carbocycles. The van der Waals surface area contributed by atoms with E-state index in [4.69, 9.17) is 5.73 Å². The number of hydrogen-bond acceptors (Lipinski definition) is 2. The molecule has 0 radical (unpaired) electrons. The number of aryl methyl sites for hydroxylation is 1. The quantitative estimate of drug-likeness (QED) is 0.742. The largest absolute Gasteiger partial charge is 0.361 e. The molecule has 0 bridgehead atoms. The number of carbonyl (C=O) groups excluding carboxylic acids is 1. The molecule has 1 aromatic heterocycles. The van der Waals surface area contributed by atoms with Crippen LogP contribution in [0.2, 0.25) is 0 Å². The highest BCUT2D eigenvalue weighted by atomic mass is 16.1. The van der Waals surface area contributed by atoms with E-state index in [9.17, 15) is 4.79 Å². The second-order valence-electron chi connectivity index (χ2n) is 3.87. The first-order chi connectivity index (χ1) is 7.20. The fourth-order valence-corrected chi connectivity index (χ4v) is 1.76. The predicted molar refractivity (Wildman–Crippen MR) is 60.8 cm³/mol. The Morgan fingerprint density at radius 2 is 2.33 bits per heavy atom. The fraction of sp³-hybridized carbons (Fsp3) is 0.250. The number of nitrogens with one attached hydrogen (secondary N) is 1. The molecule has 0 spiro atoms. The van der Waals surface area contributed by atoms with E-state index in [1.807, 2.05) is 12.3 Å². The Bertz CT molecular complexity index is 487. The Labute approximate surface area is 88.3 Å². The van der Waals surface area contributed by atoms with E-state index in [-0.39, 0.29) is 0 Å². The Kier molecular flexibility index (Phi) is 2.56. The minimum absolute atomic E-state index is 0.412. The van der Waals surface area contributed by atoms with Crippen molar-refractivity contribution in [1.82, 2.24) is 4.98 Å². The summed E-state index contributed by atoms with van der Waals surface area (Å²) in [5.41, 5.74) is 9.02. The van der Waals surface area contributed by atoms with Crippen molar-refractivity contribution in [3.8, 4) is 0 Å². The van der Waals surface area contributed by atoms with Crippen molar-refractivity contribution in [1.29, 1.82) is 0 Å². The molecule has 0 aliphatic carbocycles. The number of nitrogens with two attached hydrogens (primary N) is 1. The molecule has 0 unspecified atom stereocenters. The molecule has 1 atom stereocenters. The second-order valence-corrected chi connectivity index (χ2v) is 3.87. The zero-order valence-corrected chi connectivity index (χ0v) is 8.66. The number of fused-ring (bicyclic) bond motifs is 1. The molecule has 2 aromatic rings. The van der Waals surface area contributed by atoms with Crippen molar-refractivity contribution in [3.05, 3.63) is 35.5 Å². The van der Waals surface area contributed by atoms with Gasteiger partial charge in [0.15, 0.2) is 0 Å². The number of aromatic amines is 1. The van der Waals surface area contributed by atoms with Crippen molar-refractivity contribution in [2.75, 3.05) is 0 Å². The van der Waals surface area contributed by atoms with E-state index < -0.39 is 6.04 Å². The molecule has 2 rings (SSSR count). The van der Waals surface area contributed by atoms with Crippen LogP contribution >= 0.6 is 0 Å². The van der Waals surface area contributed by atoms with Gasteiger partial charge in [-0.1, -0.05) is 11.6 Å². The zero-order chi connectivity index (χ0) is 10.8. The van der Waals surface area contributed by atoms with Gasteiger partial charge in [-0.3, -0.25) is 0 Å². The molecule has 3 N–H and O–H groups in total. The second kappa shape index (κ2) is 3.87. The van der Waals surface area contributed by atoms with Gasteiger partial charge in [-0.15, -0.1) is 0 Å². The van der Waals surface area contributed by atoms with Gasteiger partial charge in [0.25, 0.3) is 0 Å². The molecule has 0 amide bonds. The van der Waals surface area contributed by atoms with E-state index in [0.717, 1.165) is 22.8 Å². The molecule has 0 aliphatic heterocycles. The molecular weight excluding hydrogens is 188 g/mol. The summed E-state index contributed by atoms with van der Waals surface area (Å²) >= 11 is 0. The number of hydrogen-bond donors (Lipinski definition) is 2. The average Bonchev–Trinajstić information content (AvgIpc) is 2.61. The maximum atomic E-state index is 10.5. The third-order valence-electron chi connectivity index (χ3n) is 2.55. The molecule has 0 aliphatic rings. The van der Waals surface area contributed by atoms with Crippen molar-refractivity contribution in [2.24, 2.45) is 5.73 Å². The van der Waals surface area contributed by atoms with Crippen LogP contribution in [0.4, 0.5) is 0 Å². The summed E-state index contributed by atoms with van der Waals surface area (Å²) in [6.45, 7) is 2.05. The van der Waals surface area contributed by atoms with Gasteiger partial charge in [0.2, 0.25) is 0 Å². The van der Waals surface area contributed by atoms with E-state index in [1.165, 1.54) is 5.56 Å². The van der Waals surface area contributed by atoms with E-state index >= 15 is 0 Å². The van der Waals surface area contributed by atoms with Crippen LogP contribution in [-0.4, -0.2) is 17.3 Å². The van der Waals surface area contributed by atoms with Gasteiger partial charge in [-0.25, -0.2) is 0 Å². The zero-order valence-electron chi connectivity index (χ0n) is 8.66. The maximum absolute atomic E-state index is 10.5. The van der Waals surface area contributed by atoms with Crippen LogP contribution in [0.1, 0.15) is 11.1 Å². The molecule has 3 heteroatoms. The summed E-state index contributed by atoms with van der Waals surface area (Å²) in [6, 6.07) is 5.80. The van der Waals surface area contributed by atoms with Gasteiger partial charge in [0.05, 0.1) is 6.04 Å². The van der Waals surface area contributed by atoms with Crippen LogP contribution in [-0.2, 0) is 11.2 Å². The number of carbonyl (C=O) groups is 1. The summed E-state index contributed by atoms with van der Waals surface area (Å²) in [5.74, 6) is 0. The molecular formula is C12H14N2O. The van der Waals surface area contributed by atoms with E-state index in [0.29, 0.717) is 6.42 Å². The predicted octanol–water partition coefficient (Wildman–Crippen LogP) is 1.55. The van der Waals surface area contributed by atoms with Crippen LogP contribution in [0, 0.1) is 6.92 Å². The Morgan fingerprint density at radius 3 is 3.07 bits per heavy atom. The lowest BCUT2D eigenvalue weighted by Gasteiger charge is -2.02. The number of benzene rings is 1. The standard InChI is InChI=1S/C12H14N2O/c1-8-2-3-12-11(4-8)9(6-14-12)5-10(13)7-15/h2-4,6-7,10,14H,5,13H2,1H3/t10-/m0/s1. The summed E-state index contributed by atoms with van der Waals surface area (Å²) in [5, 5.41) is 1.16. The highest BCUT2D eigenvalue weighted by Crippen LogP contribution is 2.20. The highest BCUT2D eigenvalue weighted by molar-refractivity contribution is 5.84. The monoisotopic (exact) mass is 202 g/mol. The van der Waals surface area contributed by atoms with Gasteiger partial charge < -0.3 is 15.5 Å². The van der Waals surface area contributed by atoms with Gasteiger partial charge in [-0.05, 0) is 31.0 Å². The SMILES string of the molecule is Cc1ccc2[nH]cc(C[C@H](N)C=O)c2c1. The third-order valence-corrected chi connectivity index (χ3v) is 2.55. The smallest absolute Gasteiger partial charge is 0.137 e. The van der Waals surface area contributed by atoms with Gasteiger partial charge in [0.1, 0.15) is 6.29 Å². The molecule has 0 fully saturated rings. The summed E-state index contributed by atoms with van der Waals surface area (Å²) in [7, 11) is 0. The van der Waals surface area contributed by atoms with Crippen LogP contribution in [0.15, 0.2) is 24.4 Å². The van der Waals surface area contributed by atoms with Crippen molar-refractivity contribution in [2.45, 2.75) is 19.4 Å². The average molecular weight is 202 g/mol. The minimum atomic E-state index is -0.412. The van der Waals surface area contributed by atoms with Crippen molar-refractivity contribution >= 4 is 17.2 Å². The highest BCUT2D eigenvalue weighted by Gasteiger charge is 2.07. The number of aromatic nitrogens is 1. The number of aldehydes is 1. The summed E-state index contributed by atoms with van der Waals surface area (Å²) < 4.78 is 0. The fourth-order valence-electron chi connectivity index (χ4n) is 1.76. The third kappa shape index (κ3) is 1.92. The maximum Gasteiger partial charge on any atom is 0.137 e. The van der Waals surface area contributed by atoms with Gasteiger partial charge in [-0.2, -0.15) is 0 Å². The van der Waals surface area contributed by atoms with Crippen LogP contribution in [0.5, 0.6) is 0 Å². The molecule has 15 heavy (non-hydrogen) atoms. The lowest BCUT2D eigenvalue weighted by Crippen LogP contribution is -2.23. The Hall–Kier alpha value is -1.61. The number of H-pyrrole nitrogens is 1. The lowest BCUT2D eigenvalue weighted by atomic mass is 10.0. The lowest BCUT2D eigenvalue weighted by molar-refractivity contribution is -0.108. The topological polar surface area (TPSA) is 58.9 Å². The Balaban J connectivity index is 2.43. The summed E-state index contributed by atoms with van der Waals surface area (Å²) in [4.78, 5) is 13.7. The molecule has 0 saturated heterocycles. The van der Waals surface area contributed by atoms with Crippen molar-refractivity contribution < 1.29 is 4.79 Å². The van der Waals surface area contributed by atoms with Crippen molar-refractivity contribution in [3.63, 3.8) is 0 Å². The normalized spacial score (nSPS) is 12.9. The molecule has 3 nitrogen and oxygen atoms in total.